The van der Waals surface area contributed by atoms with E-state index >= 15 is 0 Å². The highest BCUT2D eigenvalue weighted by molar-refractivity contribution is 6.04. The van der Waals surface area contributed by atoms with Crippen molar-refractivity contribution in [3.63, 3.8) is 0 Å². The van der Waals surface area contributed by atoms with Crippen LogP contribution < -0.4 is 10.1 Å². The summed E-state index contributed by atoms with van der Waals surface area (Å²) in [6, 6.07) is 10.9. The smallest absolute Gasteiger partial charge is 0.255 e. The lowest BCUT2D eigenvalue weighted by Crippen LogP contribution is -2.11. The number of phenolic OH excluding ortho intramolecular Hbond substituents is 2. The van der Waals surface area contributed by atoms with Gasteiger partial charge in [0.15, 0.2) is 11.5 Å². The lowest BCUT2D eigenvalue weighted by molar-refractivity contribution is 0.102. The number of nitrogens with one attached hydrogen (secondary N) is 1. The van der Waals surface area contributed by atoms with E-state index in [0.717, 1.165) is 0 Å². The number of carbonyl (C=O) groups is 1. The van der Waals surface area contributed by atoms with E-state index in [2.05, 4.69) is 5.32 Å². The van der Waals surface area contributed by atoms with Crippen LogP contribution in [0.4, 0.5) is 5.69 Å². The molecule has 0 unspecified atom stereocenters. The maximum atomic E-state index is 12.0. The zero-order valence-corrected chi connectivity index (χ0v) is 11.0. The zero-order valence-electron chi connectivity index (χ0n) is 11.0. The summed E-state index contributed by atoms with van der Waals surface area (Å²) in [6.45, 7) is 2.42. The Morgan fingerprint density at radius 1 is 1.15 bits per heavy atom. The molecule has 0 radical (unpaired) electrons. The molecule has 0 atom stereocenters. The third-order valence-electron chi connectivity index (χ3n) is 2.64. The summed E-state index contributed by atoms with van der Waals surface area (Å²) in [5, 5.41) is 21.3. The Labute approximate surface area is 116 Å². The molecule has 1 amide bonds. The minimum absolute atomic E-state index is 0.252. The topological polar surface area (TPSA) is 78.8 Å². The van der Waals surface area contributed by atoms with Gasteiger partial charge in [0.1, 0.15) is 5.75 Å². The average Bonchev–Trinajstić information content (AvgIpc) is 2.42. The number of hydrogen-bond acceptors (Lipinski definition) is 4. The number of carbonyl (C=O) groups excluding carboxylic acids is 1. The molecule has 0 aliphatic rings. The van der Waals surface area contributed by atoms with Gasteiger partial charge in [-0.3, -0.25) is 4.79 Å². The van der Waals surface area contributed by atoms with Crippen LogP contribution in [-0.4, -0.2) is 22.7 Å². The molecular weight excluding hydrogens is 258 g/mol. The number of rotatable bonds is 4. The van der Waals surface area contributed by atoms with E-state index in [1.54, 1.807) is 24.3 Å². The normalized spacial score (nSPS) is 10.1. The third-order valence-corrected chi connectivity index (χ3v) is 2.64. The minimum atomic E-state index is -0.381. The zero-order chi connectivity index (χ0) is 14.5. The second kappa shape index (κ2) is 5.97. The second-order valence-corrected chi connectivity index (χ2v) is 4.12. The molecule has 0 bridgehead atoms. The monoisotopic (exact) mass is 273 g/mol. The quantitative estimate of drug-likeness (QED) is 0.748. The van der Waals surface area contributed by atoms with Crippen LogP contribution in [0, 0.1) is 0 Å². The van der Waals surface area contributed by atoms with Crippen LogP contribution in [-0.2, 0) is 0 Å². The van der Waals surface area contributed by atoms with Crippen molar-refractivity contribution in [1.82, 2.24) is 0 Å². The number of ether oxygens (including phenoxy) is 1. The molecule has 0 aliphatic carbocycles. The third kappa shape index (κ3) is 3.20. The van der Waals surface area contributed by atoms with Gasteiger partial charge in [-0.25, -0.2) is 0 Å². The van der Waals surface area contributed by atoms with E-state index < -0.39 is 0 Å². The molecule has 0 saturated heterocycles. The molecule has 0 heterocycles. The van der Waals surface area contributed by atoms with Gasteiger partial charge in [-0.2, -0.15) is 0 Å². The van der Waals surface area contributed by atoms with Crippen LogP contribution in [0.3, 0.4) is 0 Å². The van der Waals surface area contributed by atoms with Crippen molar-refractivity contribution in [3.8, 4) is 17.2 Å². The summed E-state index contributed by atoms with van der Waals surface area (Å²) in [5.41, 5.74) is 0.843. The van der Waals surface area contributed by atoms with Crippen molar-refractivity contribution in [2.24, 2.45) is 0 Å². The van der Waals surface area contributed by atoms with Gasteiger partial charge >= 0.3 is 0 Å². The van der Waals surface area contributed by atoms with Crippen molar-refractivity contribution in [2.75, 3.05) is 11.9 Å². The maximum absolute atomic E-state index is 12.0. The molecule has 2 aromatic carbocycles. The second-order valence-electron chi connectivity index (χ2n) is 4.12. The fourth-order valence-corrected chi connectivity index (χ4v) is 1.70. The van der Waals surface area contributed by atoms with Gasteiger partial charge in [-0.05, 0) is 37.3 Å². The highest BCUT2D eigenvalue weighted by Crippen LogP contribution is 2.25. The SMILES string of the molecule is CCOc1cccc(NC(=O)c2ccc(O)c(O)c2)c1. The summed E-state index contributed by atoms with van der Waals surface area (Å²) in [6.07, 6.45) is 0. The predicted octanol–water partition coefficient (Wildman–Crippen LogP) is 2.75. The van der Waals surface area contributed by atoms with Gasteiger partial charge in [0, 0.05) is 17.3 Å². The summed E-state index contributed by atoms with van der Waals surface area (Å²) in [7, 11) is 0. The van der Waals surface area contributed by atoms with E-state index in [4.69, 9.17) is 4.74 Å². The fourth-order valence-electron chi connectivity index (χ4n) is 1.70. The molecule has 0 fully saturated rings. The van der Waals surface area contributed by atoms with Gasteiger partial charge in [0.2, 0.25) is 0 Å². The van der Waals surface area contributed by atoms with Crippen molar-refractivity contribution in [2.45, 2.75) is 6.92 Å². The van der Waals surface area contributed by atoms with Crippen molar-refractivity contribution in [3.05, 3.63) is 48.0 Å². The number of benzene rings is 2. The number of aromatic hydroxyl groups is 2. The first-order chi connectivity index (χ1) is 9.60. The van der Waals surface area contributed by atoms with Crippen LogP contribution in [0.15, 0.2) is 42.5 Å². The average molecular weight is 273 g/mol. The van der Waals surface area contributed by atoms with Gasteiger partial charge in [-0.1, -0.05) is 6.07 Å². The molecule has 104 valence electrons. The molecule has 2 aromatic rings. The van der Waals surface area contributed by atoms with Crippen LogP contribution >= 0.6 is 0 Å². The van der Waals surface area contributed by atoms with E-state index in [9.17, 15) is 15.0 Å². The summed E-state index contributed by atoms with van der Waals surface area (Å²) in [5.74, 6) is -0.312. The highest BCUT2D eigenvalue weighted by Gasteiger charge is 2.09. The predicted molar refractivity (Wildman–Crippen MR) is 75.3 cm³/mol. The van der Waals surface area contributed by atoms with Crippen molar-refractivity contribution < 1.29 is 19.7 Å². The first-order valence-corrected chi connectivity index (χ1v) is 6.16. The summed E-state index contributed by atoms with van der Waals surface area (Å²) >= 11 is 0. The molecule has 3 N–H and O–H groups in total. The van der Waals surface area contributed by atoms with Crippen LogP contribution in [0.2, 0.25) is 0 Å². The summed E-state index contributed by atoms with van der Waals surface area (Å²) < 4.78 is 5.34. The number of amides is 1. The first kappa shape index (κ1) is 13.7. The van der Waals surface area contributed by atoms with Crippen LogP contribution in [0.1, 0.15) is 17.3 Å². The molecule has 0 spiro atoms. The van der Waals surface area contributed by atoms with Crippen LogP contribution in [0.25, 0.3) is 0 Å². The number of anilines is 1. The van der Waals surface area contributed by atoms with E-state index in [0.29, 0.717) is 18.0 Å². The van der Waals surface area contributed by atoms with E-state index in [1.807, 2.05) is 6.92 Å². The van der Waals surface area contributed by atoms with Crippen molar-refractivity contribution in [1.29, 1.82) is 0 Å². The molecule has 20 heavy (non-hydrogen) atoms. The number of hydrogen-bond donors (Lipinski definition) is 3. The first-order valence-electron chi connectivity index (χ1n) is 6.16. The lowest BCUT2D eigenvalue weighted by atomic mass is 10.2. The standard InChI is InChI=1S/C15H15NO4/c1-2-20-12-5-3-4-11(9-12)16-15(19)10-6-7-13(17)14(18)8-10/h3-9,17-18H,2H2,1H3,(H,16,19). The maximum Gasteiger partial charge on any atom is 0.255 e. The largest absolute Gasteiger partial charge is 0.504 e. The molecule has 5 heteroatoms. The van der Waals surface area contributed by atoms with Gasteiger partial charge in [0.05, 0.1) is 6.61 Å². The fraction of sp³-hybridized carbons (Fsp3) is 0.133. The highest BCUT2D eigenvalue weighted by atomic mass is 16.5. The lowest BCUT2D eigenvalue weighted by Gasteiger charge is -2.08. The Bertz CT molecular complexity index is 625. The molecule has 2 rings (SSSR count). The van der Waals surface area contributed by atoms with E-state index in [-0.39, 0.29) is 23.0 Å². The Morgan fingerprint density at radius 2 is 1.95 bits per heavy atom. The van der Waals surface area contributed by atoms with Crippen molar-refractivity contribution >= 4 is 11.6 Å². The van der Waals surface area contributed by atoms with Gasteiger partial charge < -0.3 is 20.3 Å². The molecule has 5 nitrogen and oxygen atoms in total. The Morgan fingerprint density at radius 3 is 2.65 bits per heavy atom. The minimum Gasteiger partial charge on any atom is -0.504 e. The Balaban J connectivity index is 2.14. The van der Waals surface area contributed by atoms with Gasteiger partial charge in [-0.15, -0.1) is 0 Å². The number of phenols is 2. The Kier molecular flexibility index (Phi) is 4.10. The molecular formula is C15H15NO4. The molecule has 0 aliphatic heterocycles. The van der Waals surface area contributed by atoms with Gasteiger partial charge in [0.25, 0.3) is 5.91 Å². The Hall–Kier alpha value is -2.69. The summed E-state index contributed by atoms with van der Waals surface area (Å²) in [4.78, 5) is 12.0. The van der Waals surface area contributed by atoms with Crippen LogP contribution in [0.5, 0.6) is 17.2 Å². The van der Waals surface area contributed by atoms with E-state index in [1.165, 1.54) is 18.2 Å². The molecule has 0 aromatic heterocycles. The molecule has 0 saturated carbocycles.